The predicted octanol–water partition coefficient (Wildman–Crippen LogP) is 3.09. The molecule has 0 bridgehead atoms. The van der Waals surface area contributed by atoms with Crippen molar-refractivity contribution < 1.29 is 18.3 Å². The van der Waals surface area contributed by atoms with Gasteiger partial charge in [-0.2, -0.15) is 13.2 Å². The zero-order chi connectivity index (χ0) is 11.7. The third-order valence-corrected chi connectivity index (χ3v) is 2.48. The highest BCUT2D eigenvalue weighted by Crippen LogP contribution is 2.44. The maximum absolute atomic E-state index is 12.8. The van der Waals surface area contributed by atoms with Crippen LogP contribution in [0, 0.1) is 5.92 Å². The average molecular weight is 218 g/mol. The smallest absolute Gasteiger partial charge is 0.376 e. The molecule has 0 spiro atoms. The predicted molar refractivity (Wildman–Crippen MR) is 51.2 cm³/mol. The molecule has 0 unspecified atom stereocenters. The van der Waals surface area contributed by atoms with E-state index < -0.39 is 17.7 Å². The summed E-state index contributed by atoms with van der Waals surface area (Å²) < 4.78 is 38.4. The quantitative estimate of drug-likeness (QED) is 0.808. The fourth-order valence-electron chi connectivity index (χ4n) is 1.52. The number of alkyl halides is 3. The minimum Gasteiger partial charge on any atom is -0.376 e. The van der Waals surface area contributed by atoms with Crippen LogP contribution in [-0.4, -0.2) is 11.3 Å². The normalized spacial score (nSPS) is 16.5. The Morgan fingerprint density at radius 2 is 1.53 bits per heavy atom. The van der Waals surface area contributed by atoms with Gasteiger partial charge in [-0.3, -0.25) is 0 Å². The van der Waals surface area contributed by atoms with Crippen molar-refractivity contribution in [1.82, 2.24) is 0 Å². The van der Waals surface area contributed by atoms with Crippen LogP contribution in [0.4, 0.5) is 13.2 Å². The van der Waals surface area contributed by atoms with Crippen LogP contribution in [0.25, 0.3) is 0 Å². The first kappa shape index (κ1) is 12.0. The summed E-state index contributed by atoms with van der Waals surface area (Å²) in [4.78, 5) is 0. The summed E-state index contributed by atoms with van der Waals surface area (Å²) in [6.07, 6.45) is -4.66. The fraction of sp³-hybridized carbons (Fsp3) is 0.455. The Bertz CT molecular complexity index is 318. The number of hydrogen-bond acceptors (Lipinski definition) is 1. The van der Waals surface area contributed by atoms with Gasteiger partial charge < -0.3 is 5.11 Å². The molecule has 15 heavy (non-hydrogen) atoms. The molecule has 1 atom stereocenters. The van der Waals surface area contributed by atoms with Gasteiger partial charge in [0.05, 0.1) is 0 Å². The molecule has 4 heteroatoms. The summed E-state index contributed by atoms with van der Waals surface area (Å²) >= 11 is 0. The van der Waals surface area contributed by atoms with Crippen LogP contribution < -0.4 is 0 Å². The molecule has 84 valence electrons. The summed E-state index contributed by atoms with van der Waals surface area (Å²) in [5.74, 6) is -0.931. The largest absolute Gasteiger partial charge is 0.421 e. The second-order valence-electron chi connectivity index (χ2n) is 3.78. The molecule has 1 rings (SSSR count). The Morgan fingerprint density at radius 1 is 1.07 bits per heavy atom. The van der Waals surface area contributed by atoms with Crippen molar-refractivity contribution in [2.24, 2.45) is 5.92 Å². The Hall–Kier alpha value is -1.03. The van der Waals surface area contributed by atoms with E-state index in [0.717, 1.165) is 0 Å². The molecule has 0 heterocycles. The van der Waals surface area contributed by atoms with Gasteiger partial charge >= 0.3 is 6.18 Å². The van der Waals surface area contributed by atoms with Crippen LogP contribution in [0.5, 0.6) is 0 Å². The topological polar surface area (TPSA) is 20.2 Å². The molecule has 1 nitrogen and oxygen atoms in total. The summed E-state index contributed by atoms with van der Waals surface area (Å²) in [5.41, 5.74) is -2.89. The molecule has 1 aromatic carbocycles. The van der Waals surface area contributed by atoms with Crippen molar-refractivity contribution in [3.8, 4) is 0 Å². The maximum atomic E-state index is 12.8. The zero-order valence-corrected chi connectivity index (χ0v) is 8.55. The van der Waals surface area contributed by atoms with Crippen molar-refractivity contribution in [2.45, 2.75) is 25.6 Å². The summed E-state index contributed by atoms with van der Waals surface area (Å²) in [6.45, 7) is 2.70. The second-order valence-corrected chi connectivity index (χ2v) is 3.78. The van der Waals surface area contributed by atoms with Gasteiger partial charge in [-0.05, 0) is 11.5 Å². The van der Waals surface area contributed by atoms with Crippen molar-refractivity contribution in [3.05, 3.63) is 35.9 Å². The van der Waals surface area contributed by atoms with Gasteiger partial charge in [-0.1, -0.05) is 44.2 Å². The summed E-state index contributed by atoms with van der Waals surface area (Å²) in [7, 11) is 0. The van der Waals surface area contributed by atoms with Gasteiger partial charge in [0, 0.05) is 0 Å². The lowest BCUT2D eigenvalue weighted by Crippen LogP contribution is -2.46. The van der Waals surface area contributed by atoms with Crippen LogP contribution in [-0.2, 0) is 5.60 Å². The van der Waals surface area contributed by atoms with E-state index in [-0.39, 0.29) is 5.56 Å². The lowest BCUT2D eigenvalue weighted by molar-refractivity contribution is -0.283. The summed E-state index contributed by atoms with van der Waals surface area (Å²) in [5, 5.41) is 9.77. The van der Waals surface area contributed by atoms with Crippen molar-refractivity contribution in [3.63, 3.8) is 0 Å². The highest BCUT2D eigenvalue weighted by molar-refractivity contribution is 5.24. The Kier molecular flexibility index (Phi) is 3.09. The van der Waals surface area contributed by atoms with Gasteiger partial charge in [0.1, 0.15) is 0 Å². The first-order chi connectivity index (χ1) is 6.80. The highest BCUT2D eigenvalue weighted by Gasteiger charge is 2.56. The maximum Gasteiger partial charge on any atom is 0.421 e. The Morgan fingerprint density at radius 3 is 1.87 bits per heavy atom. The SMILES string of the molecule is CC(C)[C@](O)(c1ccccc1)C(F)(F)F. The zero-order valence-electron chi connectivity index (χ0n) is 8.55. The first-order valence-electron chi connectivity index (χ1n) is 4.64. The number of benzene rings is 1. The molecule has 0 aliphatic heterocycles. The number of hydrogen-bond donors (Lipinski definition) is 1. The van der Waals surface area contributed by atoms with E-state index in [1.807, 2.05) is 0 Å². The molecule has 0 saturated heterocycles. The number of halogens is 3. The van der Waals surface area contributed by atoms with E-state index in [2.05, 4.69) is 0 Å². The standard InChI is InChI=1S/C11H13F3O/c1-8(2)10(15,11(12,13)14)9-6-4-3-5-7-9/h3-8,15H,1-2H3/t10-/m0/s1. The van der Waals surface area contributed by atoms with Crippen LogP contribution in [0.15, 0.2) is 30.3 Å². The van der Waals surface area contributed by atoms with Gasteiger partial charge in [-0.15, -0.1) is 0 Å². The van der Waals surface area contributed by atoms with Crippen LogP contribution in [0.2, 0.25) is 0 Å². The van der Waals surface area contributed by atoms with E-state index >= 15 is 0 Å². The molecule has 0 aliphatic carbocycles. The highest BCUT2D eigenvalue weighted by atomic mass is 19.4. The van der Waals surface area contributed by atoms with Gasteiger partial charge in [0.25, 0.3) is 0 Å². The van der Waals surface area contributed by atoms with E-state index in [4.69, 9.17) is 0 Å². The molecule has 0 fully saturated rings. The average Bonchev–Trinajstić information content (AvgIpc) is 2.16. The molecular weight excluding hydrogens is 205 g/mol. The minimum absolute atomic E-state index is 0.118. The lowest BCUT2D eigenvalue weighted by atomic mass is 9.83. The molecule has 1 aromatic rings. The van der Waals surface area contributed by atoms with Crippen molar-refractivity contribution >= 4 is 0 Å². The summed E-state index contributed by atoms with van der Waals surface area (Å²) in [6, 6.07) is 7.14. The lowest BCUT2D eigenvalue weighted by Gasteiger charge is -2.34. The molecule has 1 N–H and O–H groups in total. The monoisotopic (exact) mass is 218 g/mol. The Balaban J connectivity index is 3.26. The second kappa shape index (κ2) is 3.85. The van der Waals surface area contributed by atoms with Gasteiger partial charge in [-0.25, -0.2) is 0 Å². The molecular formula is C11H13F3O. The molecule has 0 aliphatic rings. The van der Waals surface area contributed by atoms with E-state index in [9.17, 15) is 18.3 Å². The van der Waals surface area contributed by atoms with Crippen LogP contribution >= 0.6 is 0 Å². The molecule has 0 radical (unpaired) electrons. The van der Waals surface area contributed by atoms with Gasteiger partial charge in [0.2, 0.25) is 0 Å². The third-order valence-electron chi connectivity index (χ3n) is 2.48. The fourth-order valence-corrected chi connectivity index (χ4v) is 1.52. The number of rotatable bonds is 2. The van der Waals surface area contributed by atoms with Crippen LogP contribution in [0.3, 0.4) is 0 Å². The molecule has 0 amide bonds. The van der Waals surface area contributed by atoms with Crippen molar-refractivity contribution in [1.29, 1.82) is 0 Å². The van der Waals surface area contributed by atoms with E-state index in [1.165, 1.54) is 38.1 Å². The molecule has 0 saturated carbocycles. The van der Waals surface area contributed by atoms with E-state index in [0.29, 0.717) is 0 Å². The minimum atomic E-state index is -4.66. The van der Waals surface area contributed by atoms with Crippen molar-refractivity contribution in [2.75, 3.05) is 0 Å². The Labute approximate surface area is 86.5 Å². The third kappa shape index (κ3) is 2.00. The van der Waals surface area contributed by atoms with Gasteiger partial charge in [0.15, 0.2) is 5.60 Å². The van der Waals surface area contributed by atoms with E-state index in [1.54, 1.807) is 6.07 Å². The molecule has 0 aromatic heterocycles. The van der Waals surface area contributed by atoms with Crippen LogP contribution in [0.1, 0.15) is 19.4 Å². The first-order valence-corrected chi connectivity index (χ1v) is 4.64. The number of aliphatic hydroxyl groups is 1.